The maximum Gasteiger partial charge on any atom is 0.328 e. The molecule has 0 radical (unpaired) electrons. The summed E-state index contributed by atoms with van der Waals surface area (Å²) in [5.74, 6) is -1.63. The van der Waals surface area contributed by atoms with Gasteiger partial charge in [-0.15, -0.1) is 0 Å². The van der Waals surface area contributed by atoms with Crippen molar-refractivity contribution in [2.75, 3.05) is 0 Å². The van der Waals surface area contributed by atoms with Crippen LogP contribution in [0.3, 0.4) is 0 Å². The van der Waals surface area contributed by atoms with Gasteiger partial charge in [-0.05, 0) is 30.2 Å². The van der Waals surface area contributed by atoms with E-state index in [0.717, 1.165) is 6.08 Å². The molecule has 24 heavy (non-hydrogen) atoms. The van der Waals surface area contributed by atoms with Gasteiger partial charge in [-0.1, -0.05) is 36.4 Å². The Bertz CT molecular complexity index is 721. The van der Waals surface area contributed by atoms with E-state index in [2.05, 4.69) is 0 Å². The van der Waals surface area contributed by atoms with Gasteiger partial charge in [0.2, 0.25) is 0 Å². The summed E-state index contributed by atoms with van der Waals surface area (Å²) in [5, 5.41) is 35.1. The predicted octanol–water partition coefficient (Wildman–Crippen LogP) is 2.90. The van der Waals surface area contributed by atoms with Crippen LogP contribution in [0.5, 0.6) is 11.5 Å². The molecule has 0 aliphatic rings. The number of aryl methyl sites for hydroxylation is 1. The molecule has 0 saturated carbocycles. The van der Waals surface area contributed by atoms with Crippen LogP contribution in [-0.4, -0.2) is 32.4 Å². The average molecular weight is 330 g/mol. The second-order valence-electron chi connectivity index (χ2n) is 4.75. The van der Waals surface area contributed by atoms with Crippen molar-refractivity contribution in [1.82, 2.24) is 0 Å². The second-order valence-corrected chi connectivity index (χ2v) is 4.75. The molecule has 6 nitrogen and oxygen atoms in total. The first-order valence-corrected chi connectivity index (χ1v) is 7.08. The number of benzene rings is 2. The summed E-state index contributed by atoms with van der Waals surface area (Å²) < 4.78 is 0. The fourth-order valence-electron chi connectivity index (χ4n) is 1.75. The van der Waals surface area contributed by atoms with E-state index < -0.39 is 11.9 Å². The van der Waals surface area contributed by atoms with Crippen molar-refractivity contribution in [2.24, 2.45) is 0 Å². The third-order valence-corrected chi connectivity index (χ3v) is 2.94. The van der Waals surface area contributed by atoms with Gasteiger partial charge in [0.1, 0.15) is 11.5 Å². The van der Waals surface area contributed by atoms with E-state index >= 15 is 0 Å². The number of phenolic OH excluding ortho intramolecular Hbond substituents is 2. The molecular formula is C18H18O6. The van der Waals surface area contributed by atoms with E-state index in [9.17, 15) is 19.8 Å². The SMILES string of the molecule is O=C(O)/C=C/c1ccccc1O.O=C(O)CCc1ccccc1O. The van der Waals surface area contributed by atoms with Crippen molar-refractivity contribution < 1.29 is 30.0 Å². The van der Waals surface area contributed by atoms with E-state index in [-0.39, 0.29) is 17.9 Å². The van der Waals surface area contributed by atoms with Crippen LogP contribution in [0.2, 0.25) is 0 Å². The van der Waals surface area contributed by atoms with Gasteiger partial charge in [0.05, 0.1) is 0 Å². The molecule has 0 heterocycles. The molecule has 0 aromatic heterocycles. The number of aromatic hydroxyl groups is 2. The van der Waals surface area contributed by atoms with Gasteiger partial charge in [-0.3, -0.25) is 4.79 Å². The standard InChI is InChI=1S/C9H10O3.C9H8O3/c2*10-8-4-2-1-3-7(8)5-6-9(11)12/h1-4,10H,5-6H2,(H,11,12);1-6,10H,(H,11,12)/b;6-5+. The third kappa shape index (κ3) is 7.13. The molecule has 0 spiro atoms. The molecule has 0 bridgehead atoms. The highest BCUT2D eigenvalue weighted by Crippen LogP contribution is 2.17. The monoisotopic (exact) mass is 330 g/mol. The van der Waals surface area contributed by atoms with Crippen LogP contribution in [0.15, 0.2) is 54.6 Å². The van der Waals surface area contributed by atoms with Crippen LogP contribution in [0.4, 0.5) is 0 Å². The van der Waals surface area contributed by atoms with Crippen LogP contribution in [-0.2, 0) is 16.0 Å². The van der Waals surface area contributed by atoms with Gasteiger partial charge >= 0.3 is 11.9 Å². The molecule has 2 aromatic carbocycles. The van der Waals surface area contributed by atoms with Gasteiger partial charge in [-0.25, -0.2) is 4.79 Å². The highest BCUT2D eigenvalue weighted by atomic mass is 16.4. The Balaban J connectivity index is 0.000000240. The highest BCUT2D eigenvalue weighted by molar-refractivity contribution is 5.85. The molecule has 4 N–H and O–H groups in total. The summed E-state index contributed by atoms with van der Waals surface area (Å²) in [4.78, 5) is 20.3. The minimum atomic E-state index is -1.03. The summed E-state index contributed by atoms with van der Waals surface area (Å²) in [6, 6.07) is 13.3. The molecule has 2 aromatic rings. The summed E-state index contributed by atoms with van der Waals surface area (Å²) in [6.45, 7) is 0. The normalized spacial score (nSPS) is 10.0. The first kappa shape index (κ1) is 18.8. The molecule has 126 valence electrons. The molecule has 0 amide bonds. The number of hydrogen-bond acceptors (Lipinski definition) is 4. The third-order valence-electron chi connectivity index (χ3n) is 2.94. The number of para-hydroxylation sites is 2. The number of rotatable bonds is 5. The number of aliphatic carboxylic acids is 2. The molecular weight excluding hydrogens is 312 g/mol. The highest BCUT2D eigenvalue weighted by Gasteiger charge is 2.02. The van der Waals surface area contributed by atoms with Gasteiger partial charge in [0.25, 0.3) is 0 Å². The first-order chi connectivity index (χ1) is 11.4. The van der Waals surface area contributed by atoms with Crippen molar-refractivity contribution in [3.05, 3.63) is 65.7 Å². The topological polar surface area (TPSA) is 115 Å². The largest absolute Gasteiger partial charge is 0.508 e. The molecule has 0 atom stereocenters. The molecule has 0 fully saturated rings. The van der Waals surface area contributed by atoms with E-state index in [1.54, 1.807) is 42.5 Å². The van der Waals surface area contributed by atoms with Crippen LogP contribution < -0.4 is 0 Å². The molecule has 0 aliphatic heterocycles. The van der Waals surface area contributed by atoms with Crippen LogP contribution in [0.25, 0.3) is 6.08 Å². The maximum absolute atomic E-state index is 10.2. The number of carboxylic acids is 2. The van der Waals surface area contributed by atoms with E-state index in [1.807, 2.05) is 0 Å². The van der Waals surface area contributed by atoms with E-state index in [1.165, 1.54) is 12.1 Å². The zero-order valence-electron chi connectivity index (χ0n) is 12.8. The Kier molecular flexibility index (Phi) is 7.57. The Morgan fingerprint density at radius 3 is 2.00 bits per heavy atom. The average Bonchev–Trinajstić information content (AvgIpc) is 2.54. The van der Waals surface area contributed by atoms with Gasteiger partial charge in [0.15, 0.2) is 0 Å². The van der Waals surface area contributed by atoms with Crippen molar-refractivity contribution in [3.63, 3.8) is 0 Å². The minimum Gasteiger partial charge on any atom is -0.508 e. The Morgan fingerprint density at radius 1 is 0.875 bits per heavy atom. The zero-order chi connectivity index (χ0) is 17.9. The maximum atomic E-state index is 10.2. The van der Waals surface area contributed by atoms with Crippen molar-refractivity contribution in [2.45, 2.75) is 12.8 Å². The van der Waals surface area contributed by atoms with Crippen LogP contribution >= 0.6 is 0 Å². The Hall–Kier alpha value is -3.28. The van der Waals surface area contributed by atoms with Gasteiger partial charge in [-0.2, -0.15) is 0 Å². The number of carboxylic acid groups (broad SMARTS) is 2. The number of carbonyl (C=O) groups is 2. The number of hydrogen-bond donors (Lipinski definition) is 4. The second kappa shape index (κ2) is 9.68. The summed E-state index contributed by atoms with van der Waals surface area (Å²) >= 11 is 0. The summed E-state index contributed by atoms with van der Waals surface area (Å²) in [5.41, 5.74) is 1.18. The van der Waals surface area contributed by atoms with Crippen molar-refractivity contribution >= 4 is 18.0 Å². The molecule has 0 unspecified atom stereocenters. The first-order valence-electron chi connectivity index (χ1n) is 7.08. The quantitative estimate of drug-likeness (QED) is 0.627. The molecule has 6 heteroatoms. The molecule has 0 saturated heterocycles. The lowest BCUT2D eigenvalue weighted by Crippen LogP contribution is -1.97. The Morgan fingerprint density at radius 2 is 1.46 bits per heavy atom. The lowest BCUT2D eigenvalue weighted by molar-refractivity contribution is -0.137. The Labute approximate surface area is 138 Å². The molecule has 2 rings (SSSR count). The van der Waals surface area contributed by atoms with Crippen molar-refractivity contribution in [1.29, 1.82) is 0 Å². The molecule has 0 aliphatic carbocycles. The van der Waals surface area contributed by atoms with E-state index in [0.29, 0.717) is 17.5 Å². The minimum absolute atomic E-state index is 0.0531. The van der Waals surface area contributed by atoms with Gasteiger partial charge in [0, 0.05) is 18.1 Å². The fourth-order valence-corrected chi connectivity index (χ4v) is 1.75. The van der Waals surface area contributed by atoms with Gasteiger partial charge < -0.3 is 20.4 Å². The zero-order valence-corrected chi connectivity index (χ0v) is 12.8. The number of phenols is 2. The predicted molar refractivity (Wildman–Crippen MR) is 88.8 cm³/mol. The smallest absolute Gasteiger partial charge is 0.328 e. The van der Waals surface area contributed by atoms with Crippen molar-refractivity contribution in [3.8, 4) is 11.5 Å². The van der Waals surface area contributed by atoms with E-state index in [4.69, 9.17) is 10.2 Å². The summed E-state index contributed by atoms with van der Waals surface area (Å²) in [7, 11) is 0. The van der Waals surface area contributed by atoms with Crippen LogP contribution in [0.1, 0.15) is 17.5 Å². The lowest BCUT2D eigenvalue weighted by atomic mass is 10.1. The summed E-state index contributed by atoms with van der Waals surface area (Å²) in [6.07, 6.45) is 2.76. The fraction of sp³-hybridized carbons (Fsp3) is 0.111. The lowest BCUT2D eigenvalue weighted by Gasteiger charge is -2.00. The van der Waals surface area contributed by atoms with Crippen LogP contribution in [0, 0.1) is 0 Å².